The first-order valence-electron chi connectivity index (χ1n) is 11.0. The van der Waals surface area contributed by atoms with Crippen molar-refractivity contribution in [2.45, 2.75) is 6.92 Å². The molecular formula is C25H31N7O2. The summed E-state index contributed by atoms with van der Waals surface area (Å²) in [5.41, 5.74) is 4.12. The van der Waals surface area contributed by atoms with Crippen LogP contribution in [0.4, 0.5) is 17.1 Å². The average Bonchev–Trinajstić information content (AvgIpc) is 2.85. The van der Waals surface area contributed by atoms with Gasteiger partial charge in [0.15, 0.2) is 0 Å². The monoisotopic (exact) mass is 461 g/mol. The summed E-state index contributed by atoms with van der Waals surface area (Å²) in [7, 11) is 5.66. The third-order valence-corrected chi connectivity index (χ3v) is 5.25. The molecule has 0 aromatic heterocycles. The second-order valence-corrected chi connectivity index (χ2v) is 7.68. The van der Waals surface area contributed by atoms with Crippen molar-refractivity contribution in [1.29, 1.82) is 0 Å². The van der Waals surface area contributed by atoms with E-state index in [1.807, 2.05) is 56.3 Å². The normalized spacial score (nSPS) is 12.8. The first-order chi connectivity index (χ1) is 16.5. The predicted octanol–water partition coefficient (Wildman–Crippen LogP) is 2.59. The molecule has 0 bridgehead atoms. The zero-order chi connectivity index (χ0) is 24.5. The largest absolute Gasteiger partial charge is 0.386 e. The van der Waals surface area contributed by atoms with Crippen molar-refractivity contribution < 1.29 is 9.59 Å². The van der Waals surface area contributed by atoms with Gasteiger partial charge in [0.1, 0.15) is 5.84 Å². The van der Waals surface area contributed by atoms with Crippen LogP contribution < -0.4 is 31.5 Å². The van der Waals surface area contributed by atoms with Gasteiger partial charge in [-0.3, -0.25) is 9.59 Å². The fraction of sp³-hybridized carbons (Fsp3) is 0.240. The number of nitrogens with one attached hydrogen (secondary N) is 5. The SMILES string of the molecule is C/C=C(/C(=O)NCNc1c(NC)cccc1C(=O)NC1=NC=CNC1)c1ccccc1N(C)C. The second kappa shape index (κ2) is 11.6. The van der Waals surface area contributed by atoms with E-state index >= 15 is 0 Å². The van der Waals surface area contributed by atoms with Crippen LogP contribution in [0.3, 0.4) is 0 Å². The van der Waals surface area contributed by atoms with Crippen molar-refractivity contribution in [2.24, 2.45) is 4.99 Å². The van der Waals surface area contributed by atoms with Gasteiger partial charge in [-0.05, 0) is 25.1 Å². The summed E-state index contributed by atoms with van der Waals surface area (Å²) in [6, 6.07) is 13.1. The smallest absolute Gasteiger partial charge is 0.258 e. The van der Waals surface area contributed by atoms with E-state index in [9.17, 15) is 9.59 Å². The van der Waals surface area contributed by atoms with Gasteiger partial charge in [0.2, 0.25) is 0 Å². The maximum Gasteiger partial charge on any atom is 0.258 e. The molecule has 1 heterocycles. The van der Waals surface area contributed by atoms with Gasteiger partial charge < -0.3 is 31.5 Å². The maximum absolute atomic E-state index is 13.0. The third-order valence-electron chi connectivity index (χ3n) is 5.25. The van der Waals surface area contributed by atoms with Crippen LogP contribution in [0.25, 0.3) is 5.57 Å². The molecule has 0 spiro atoms. The van der Waals surface area contributed by atoms with Gasteiger partial charge >= 0.3 is 0 Å². The number of allylic oxidation sites excluding steroid dienone is 1. The van der Waals surface area contributed by atoms with E-state index < -0.39 is 0 Å². The maximum atomic E-state index is 13.0. The van der Waals surface area contributed by atoms with E-state index in [2.05, 4.69) is 31.6 Å². The zero-order valence-electron chi connectivity index (χ0n) is 19.9. The molecule has 2 aromatic carbocycles. The Balaban J connectivity index is 1.74. The van der Waals surface area contributed by atoms with Crippen LogP contribution in [0.15, 0.2) is 65.9 Å². The van der Waals surface area contributed by atoms with Gasteiger partial charge in [-0.15, -0.1) is 0 Å². The number of carbonyl (C=O) groups excluding carboxylic acids is 2. The minimum atomic E-state index is -0.296. The molecule has 2 amide bonds. The van der Waals surface area contributed by atoms with Crippen molar-refractivity contribution in [3.63, 3.8) is 0 Å². The lowest BCUT2D eigenvalue weighted by Gasteiger charge is -2.20. The summed E-state index contributed by atoms with van der Waals surface area (Å²) in [5, 5.41) is 15.0. The second-order valence-electron chi connectivity index (χ2n) is 7.68. The summed E-state index contributed by atoms with van der Waals surface area (Å²) >= 11 is 0. The van der Waals surface area contributed by atoms with Crippen molar-refractivity contribution in [3.8, 4) is 0 Å². The fourth-order valence-electron chi connectivity index (χ4n) is 3.60. The quantitative estimate of drug-likeness (QED) is 0.305. The molecule has 1 aliphatic heterocycles. The van der Waals surface area contributed by atoms with E-state index in [0.717, 1.165) is 16.9 Å². The summed E-state index contributed by atoms with van der Waals surface area (Å²) in [6.45, 7) is 2.41. The summed E-state index contributed by atoms with van der Waals surface area (Å²) < 4.78 is 0. The molecule has 0 atom stereocenters. The highest BCUT2D eigenvalue weighted by atomic mass is 16.2. The molecule has 9 heteroatoms. The Morgan fingerprint density at radius 3 is 2.56 bits per heavy atom. The van der Waals surface area contributed by atoms with Gasteiger partial charge in [-0.2, -0.15) is 0 Å². The minimum Gasteiger partial charge on any atom is -0.386 e. The Labute approximate surface area is 200 Å². The third kappa shape index (κ3) is 5.74. The van der Waals surface area contributed by atoms with Gasteiger partial charge in [-0.25, -0.2) is 4.99 Å². The van der Waals surface area contributed by atoms with Crippen LogP contribution in [0.2, 0.25) is 0 Å². The minimum absolute atomic E-state index is 0.129. The number of aliphatic imine (C=N–C) groups is 1. The van der Waals surface area contributed by atoms with Gasteiger partial charge in [-0.1, -0.05) is 30.3 Å². The molecule has 0 radical (unpaired) electrons. The Hall–Kier alpha value is -4.27. The molecule has 178 valence electrons. The van der Waals surface area contributed by atoms with E-state index in [1.165, 1.54) is 0 Å². The van der Waals surface area contributed by atoms with Gasteiger partial charge in [0.25, 0.3) is 11.8 Å². The number of anilines is 3. The predicted molar refractivity (Wildman–Crippen MR) is 139 cm³/mol. The van der Waals surface area contributed by atoms with Crippen LogP contribution in [-0.2, 0) is 4.79 Å². The molecule has 0 unspecified atom stereocenters. The molecule has 3 rings (SSSR count). The van der Waals surface area contributed by atoms with E-state index in [-0.39, 0.29) is 18.5 Å². The van der Waals surface area contributed by atoms with Crippen LogP contribution in [0, 0.1) is 0 Å². The number of hydrogen-bond donors (Lipinski definition) is 5. The zero-order valence-corrected chi connectivity index (χ0v) is 19.9. The van der Waals surface area contributed by atoms with Crippen molar-refractivity contribution in [3.05, 3.63) is 72.1 Å². The molecule has 0 saturated carbocycles. The summed E-state index contributed by atoms with van der Waals surface area (Å²) in [5.74, 6) is 0.0152. The standard InChI is InChI=1S/C25H31N7O2/c1-5-17(18-9-6-7-12-21(18)32(3)4)24(33)30-16-29-23-19(10-8-11-20(23)26-2)25(34)31-22-15-27-13-14-28-22/h5-14,26-27,29H,15-16H2,1-4H3,(H,30,33)(H,28,31,34)/b17-5+. The molecule has 0 saturated heterocycles. The highest BCUT2D eigenvalue weighted by molar-refractivity contribution is 6.21. The van der Waals surface area contributed by atoms with Crippen LogP contribution in [0.5, 0.6) is 0 Å². The van der Waals surface area contributed by atoms with E-state index in [0.29, 0.717) is 29.2 Å². The Morgan fingerprint density at radius 1 is 1.12 bits per heavy atom. The number of benzene rings is 2. The Bertz CT molecular complexity index is 1140. The van der Waals surface area contributed by atoms with Gasteiger partial charge in [0, 0.05) is 50.4 Å². The number of carbonyl (C=O) groups is 2. The number of amides is 2. The lowest BCUT2D eigenvalue weighted by atomic mass is 10.0. The first-order valence-corrected chi connectivity index (χ1v) is 11.0. The number of nitrogens with zero attached hydrogens (tertiary/aromatic N) is 2. The molecule has 9 nitrogen and oxygen atoms in total. The van der Waals surface area contributed by atoms with Crippen molar-refractivity contribution in [2.75, 3.05) is 49.9 Å². The Morgan fingerprint density at radius 2 is 1.88 bits per heavy atom. The van der Waals surface area contributed by atoms with Crippen LogP contribution in [0.1, 0.15) is 22.8 Å². The van der Waals surface area contributed by atoms with Crippen molar-refractivity contribution in [1.82, 2.24) is 16.0 Å². The van der Waals surface area contributed by atoms with Crippen LogP contribution >= 0.6 is 0 Å². The lowest BCUT2D eigenvalue weighted by Crippen LogP contribution is -2.38. The van der Waals surface area contributed by atoms with Crippen LogP contribution in [-0.4, -0.2) is 52.0 Å². The summed E-state index contributed by atoms with van der Waals surface area (Å²) in [4.78, 5) is 32.1. The van der Waals surface area contributed by atoms with Gasteiger partial charge in [0.05, 0.1) is 30.2 Å². The fourth-order valence-corrected chi connectivity index (χ4v) is 3.60. The summed E-state index contributed by atoms with van der Waals surface area (Å²) in [6.07, 6.45) is 5.10. The molecule has 2 aromatic rings. The van der Waals surface area contributed by atoms with E-state index in [4.69, 9.17) is 0 Å². The molecule has 5 N–H and O–H groups in total. The first kappa shape index (κ1) is 24.4. The molecule has 0 aliphatic carbocycles. The number of hydrogen-bond acceptors (Lipinski definition) is 7. The van der Waals surface area contributed by atoms with Crippen molar-refractivity contribution >= 4 is 40.3 Å². The molecule has 34 heavy (non-hydrogen) atoms. The molecule has 0 fully saturated rings. The molecule has 1 aliphatic rings. The highest BCUT2D eigenvalue weighted by Gasteiger charge is 2.18. The highest BCUT2D eigenvalue weighted by Crippen LogP contribution is 2.27. The average molecular weight is 462 g/mol. The number of rotatable bonds is 8. The number of amidine groups is 1. The number of para-hydroxylation sites is 2. The lowest BCUT2D eigenvalue weighted by molar-refractivity contribution is -0.115. The topological polar surface area (TPSA) is 110 Å². The van der Waals surface area contributed by atoms with E-state index in [1.54, 1.807) is 37.7 Å². The molecular weight excluding hydrogens is 430 g/mol. The Kier molecular flexibility index (Phi) is 8.28.